The number of benzene rings is 2. The average molecular weight is 500 g/mol. The third kappa shape index (κ3) is 4.49. The van der Waals surface area contributed by atoms with Gasteiger partial charge in [-0.25, -0.2) is 14.4 Å². The molecule has 0 amide bonds. The normalized spacial score (nSPS) is 12.5. The Labute approximate surface area is 205 Å². The van der Waals surface area contributed by atoms with Crippen LogP contribution in [-0.4, -0.2) is 19.8 Å². The van der Waals surface area contributed by atoms with E-state index in [1.165, 1.54) is 11.3 Å². The molecule has 0 bridgehead atoms. The second-order valence-electron chi connectivity index (χ2n) is 7.55. The Kier molecular flexibility index (Phi) is 6.74. The van der Waals surface area contributed by atoms with Crippen LogP contribution in [0.3, 0.4) is 0 Å². The number of rotatable bonds is 5. The first-order valence-electron chi connectivity index (χ1n) is 10.4. The SMILES string of the molecule is CCC(C)=Nn1c(-c2cc(Cl)ccc2Cl)csc1=Nc1c(C)n(C)n(-c2ccccc2)c1=O. The molecule has 4 rings (SSSR count). The van der Waals surface area contributed by atoms with Crippen molar-refractivity contribution in [1.29, 1.82) is 0 Å². The summed E-state index contributed by atoms with van der Waals surface area (Å²) in [5, 5.41) is 7.82. The van der Waals surface area contributed by atoms with Gasteiger partial charge in [-0.15, -0.1) is 11.3 Å². The zero-order chi connectivity index (χ0) is 23.7. The Morgan fingerprint density at radius 3 is 2.55 bits per heavy atom. The van der Waals surface area contributed by atoms with E-state index in [0.29, 0.717) is 20.5 Å². The fourth-order valence-electron chi connectivity index (χ4n) is 3.37. The van der Waals surface area contributed by atoms with E-state index in [1.54, 1.807) is 27.6 Å². The number of thiazole rings is 1. The quantitative estimate of drug-likeness (QED) is 0.302. The van der Waals surface area contributed by atoms with E-state index in [-0.39, 0.29) is 5.56 Å². The molecule has 0 atom stereocenters. The highest BCUT2D eigenvalue weighted by atomic mass is 35.5. The Balaban J connectivity index is 1.98. The smallest absolute Gasteiger partial charge is 0.283 e. The molecule has 0 spiro atoms. The predicted octanol–water partition coefficient (Wildman–Crippen LogP) is 6.19. The molecule has 6 nitrogen and oxygen atoms in total. The fraction of sp³-hybridized carbons (Fsp3) is 0.208. The first-order valence-corrected chi connectivity index (χ1v) is 12.0. The van der Waals surface area contributed by atoms with Crippen LogP contribution in [0.5, 0.6) is 0 Å². The number of halogens is 2. The van der Waals surface area contributed by atoms with E-state index in [2.05, 4.69) is 0 Å². The third-order valence-corrected chi connectivity index (χ3v) is 6.78. The van der Waals surface area contributed by atoms with Crippen molar-refractivity contribution in [2.75, 3.05) is 0 Å². The van der Waals surface area contributed by atoms with E-state index in [1.807, 2.05) is 68.2 Å². The number of hydrogen-bond acceptors (Lipinski definition) is 4. The molecule has 170 valence electrons. The summed E-state index contributed by atoms with van der Waals surface area (Å²) in [5.41, 5.74) is 4.13. The molecule has 0 saturated carbocycles. The van der Waals surface area contributed by atoms with Crippen LogP contribution in [0.25, 0.3) is 16.9 Å². The van der Waals surface area contributed by atoms with E-state index in [4.69, 9.17) is 33.3 Å². The summed E-state index contributed by atoms with van der Waals surface area (Å²) in [4.78, 5) is 18.7. The summed E-state index contributed by atoms with van der Waals surface area (Å²) < 4.78 is 5.16. The van der Waals surface area contributed by atoms with Crippen LogP contribution in [0.2, 0.25) is 10.0 Å². The van der Waals surface area contributed by atoms with Crippen molar-refractivity contribution in [1.82, 2.24) is 14.0 Å². The molecule has 0 saturated heterocycles. The van der Waals surface area contributed by atoms with Crippen LogP contribution in [0.1, 0.15) is 26.0 Å². The molecule has 0 unspecified atom stereocenters. The Morgan fingerprint density at radius 2 is 1.85 bits per heavy atom. The summed E-state index contributed by atoms with van der Waals surface area (Å²) in [6.07, 6.45) is 0.774. The Morgan fingerprint density at radius 1 is 1.12 bits per heavy atom. The van der Waals surface area contributed by atoms with Gasteiger partial charge in [0.1, 0.15) is 0 Å². The molecule has 0 radical (unpaired) electrons. The predicted molar refractivity (Wildman–Crippen MR) is 138 cm³/mol. The maximum Gasteiger partial charge on any atom is 0.297 e. The highest BCUT2D eigenvalue weighted by Gasteiger charge is 2.17. The monoisotopic (exact) mass is 499 g/mol. The van der Waals surface area contributed by atoms with Gasteiger partial charge in [-0.05, 0) is 50.6 Å². The van der Waals surface area contributed by atoms with Crippen LogP contribution in [-0.2, 0) is 7.05 Å². The summed E-state index contributed by atoms with van der Waals surface area (Å²) in [5.74, 6) is 0. The van der Waals surface area contributed by atoms with Gasteiger partial charge in [-0.1, -0.05) is 48.3 Å². The molecule has 0 aliphatic rings. The van der Waals surface area contributed by atoms with Crippen LogP contribution >= 0.6 is 34.5 Å². The Bertz CT molecular complexity index is 1470. The van der Waals surface area contributed by atoms with E-state index >= 15 is 0 Å². The van der Waals surface area contributed by atoms with Crippen molar-refractivity contribution in [2.24, 2.45) is 17.1 Å². The van der Waals surface area contributed by atoms with Crippen molar-refractivity contribution < 1.29 is 0 Å². The number of nitrogens with zero attached hydrogens (tertiary/aromatic N) is 5. The molecule has 2 aromatic heterocycles. The van der Waals surface area contributed by atoms with Gasteiger partial charge in [-0.3, -0.25) is 9.48 Å². The van der Waals surface area contributed by atoms with Gasteiger partial charge in [0, 0.05) is 28.7 Å². The molecule has 0 N–H and O–H groups in total. The molecule has 4 aromatic rings. The van der Waals surface area contributed by atoms with Crippen LogP contribution in [0, 0.1) is 6.92 Å². The molecule has 0 aliphatic heterocycles. The maximum absolute atomic E-state index is 13.4. The molecule has 2 aromatic carbocycles. The lowest BCUT2D eigenvalue weighted by atomic mass is 10.2. The first-order chi connectivity index (χ1) is 15.8. The molecule has 0 aliphatic carbocycles. The second kappa shape index (κ2) is 9.55. The summed E-state index contributed by atoms with van der Waals surface area (Å²) in [6.45, 7) is 5.87. The number of para-hydroxylation sites is 1. The fourth-order valence-corrected chi connectivity index (χ4v) is 4.59. The molecule has 33 heavy (non-hydrogen) atoms. The lowest BCUT2D eigenvalue weighted by Crippen LogP contribution is -2.20. The van der Waals surface area contributed by atoms with Gasteiger partial charge < -0.3 is 0 Å². The van der Waals surface area contributed by atoms with E-state index in [0.717, 1.165) is 34.8 Å². The van der Waals surface area contributed by atoms with Crippen LogP contribution in [0.15, 0.2) is 68.8 Å². The molecular formula is C24H23Cl2N5OS. The van der Waals surface area contributed by atoms with Gasteiger partial charge in [0.25, 0.3) is 5.56 Å². The minimum atomic E-state index is -0.195. The van der Waals surface area contributed by atoms with Crippen molar-refractivity contribution in [3.8, 4) is 16.9 Å². The largest absolute Gasteiger partial charge is 0.297 e. The van der Waals surface area contributed by atoms with Gasteiger partial charge >= 0.3 is 0 Å². The van der Waals surface area contributed by atoms with E-state index < -0.39 is 0 Å². The third-order valence-electron chi connectivity index (χ3n) is 5.40. The van der Waals surface area contributed by atoms with E-state index in [9.17, 15) is 4.79 Å². The molecular weight excluding hydrogens is 477 g/mol. The van der Waals surface area contributed by atoms with Gasteiger partial charge in [0.15, 0.2) is 5.69 Å². The zero-order valence-corrected chi connectivity index (χ0v) is 21.0. The van der Waals surface area contributed by atoms with Crippen LogP contribution < -0.4 is 10.4 Å². The number of aromatic nitrogens is 3. The summed E-state index contributed by atoms with van der Waals surface area (Å²) in [6, 6.07) is 14.8. The van der Waals surface area contributed by atoms with Crippen molar-refractivity contribution >= 4 is 45.9 Å². The highest BCUT2D eigenvalue weighted by molar-refractivity contribution is 7.07. The summed E-state index contributed by atoms with van der Waals surface area (Å²) >= 11 is 14.1. The van der Waals surface area contributed by atoms with Crippen molar-refractivity contribution in [3.63, 3.8) is 0 Å². The second-order valence-corrected chi connectivity index (χ2v) is 9.23. The first kappa shape index (κ1) is 23.3. The highest BCUT2D eigenvalue weighted by Crippen LogP contribution is 2.31. The zero-order valence-electron chi connectivity index (χ0n) is 18.7. The van der Waals surface area contributed by atoms with Gasteiger partial charge in [0.2, 0.25) is 4.80 Å². The number of hydrogen-bond donors (Lipinski definition) is 0. The average Bonchev–Trinajstić information content (AvgIpc) is 3.29. The van der Waals surface area contributed by atoms with Crippen LogP contribution in [0.4, 0.5) is 5.69 Å². The van der Waals surface area contributed by atoms with Crippen molar-refractivity contribution in [2.45, 2.75) is 27.2 Å². The lowest BCUT2D eigenvalue weighted by molar-refractivity contribution is 0.630. The molecule has 2 heterocycles. The topological polar surface area (TPSA) is 56.6 Å². The standard InChI is InChI=1S/C24H23Cl2N5OS/c1-5-15(2)28-30-21(19-13-17(25)11-12-20(19)26)14-33-24(30)27-22-16(3)29(4)31(23(22)32)18-9-7-6-8-10-18/h6-14H,5H2,1-4H3. The van der Waals surface area contributed by atoms with Gasteiger partial charge in [0.05, 0.1) is 22.1 Å². The minimum Gasteiger partial charge on any atom is -0.283 e. The molecule has 9 heteroatoms. The molecule has 0 fully saturated rings. The summed E-state index contributed by atoms with van der Waals surface area (Å²) in [7, 11) is 1.85. The lowest BCUT2D eigenvalue weighted by Gasteiger charge is -2.07. The van der Waals surface area contributed by atoms with Crippen molar-refractivity contribution in [3.05, 3.63) is 84.8 Å². The maximum atomic E-state index is 13.4. The van der Waals surface area contributed by atoms with Gasteiger partial charge in [-0.2, -0.15) is 5.10 Å². The minimum absolute atomic E-state index is 0.195. The Hall–Kier alpha value is -2.87.